The molecule has 0 aromatic heterocycles. The van der Waals surface area contributed by atoms with Crippen molar-refractivity contribution in [2.45, 2.75) is 196 Å². The van der Waals surface area contributed by atoms with Gasteiger partial charge in [0.1, 0.15) is 40.6 Å². The van der Waals surface area contributed by atoms with Gasteiger partial charge in [-0.1, -0.05) is 197 Å². The highest BCUT2D eigenvalue weighted by atomic mass is 16.5. The van der Waals surface area contributed by atoms with Crippen molar-refractivity contribution in [1.29, 1.82) is 5.26 Å². The zero-order valence-corrected chi connectivity index (χ0v) is 48.5. The third-order valence-electron chi connectivity index (χ3n) is 15.3. The van der Waals surface area contributed by atoms with Crippen molar-refractivity contribution >= 4 is 0 Å². The van der Waals surface area contributed by atoms with Gasteiger partial charge in [0, 0.05) is 38.5 Å². The Morgan fingerprint density at radius 3 is 0.600 bits per heavy atom. The van der Waals surface area contributed by atoms with E-state index in [0.717, 1.165) is 44.5 Å². The lowest BCUT2D eigenvalue weighted by molar-refractivity contribution is 0.360. The largest absolute Gasteiger partial charge is 0.507 e. The Labute approximate surface area is 449 Å². The average Bonchev–Trinajstić information content (AvgIpc) is 3.27. The van der Waals surface area contributed by atoms with Gasteiger partial charge >= 0.3 is 0 Å². The van der Waals surface area contributed by atoms with Crippen LogP contribution in [0.25, 0.3) is 0 Å². The van der Waals surface area contributed by atoms with Crippen molar-refractivity contribution in [3.05, 3.63) is 173 Å². The van der Waals surface area contributed by atoms with Gasteiger partial charge < -0.3 is 30.3 Å². The maximum Gasteiger partial charge on any atom is 0.174 e. The van der Waals surface area contributed by atoms with E-state index in [0.29, 0.717) is 61.4 Å². The average molecular weight is 1010 g/mol. The van der Waals surface area contributed by atoms with E-state index in [2.05, 4.69) is 167 Å². The van der Waals surface area contributed by atoms with Crippen molar-refractivity contribution in [3.8, 4) is 40.6 Å². The Bertz CT molecular complexity index is 3030. The number of phenolic OH excluding ortho intramolecular Hbond substituents is 5. The molecule has 0 saturated heterocycles. The molecular formula is C68H85NO6. The van der Waals surface area contributed by atoms with Crippen LogP contribution < -0.4 is 4.74 Å². The second-order valence-corrected chi connectivity index (χ2v) is 27.8. The van der Waals surface area contributed by atoms with Crippen molar-refractivity contribution < 1.29 is 30.3 Å². The summed E-state index contributed by atoms with van der Waals surface area (Å²) in [4.78, 5) is 0. The number of phenols is 5. The maximum absolute atomic E-state index is 12.6. The molecule has 0 radical (unpaired) electrons. The monoisotopic (exact) mass is 1010 g/mol. The quantitative estimate of drug-likeness (QED) is 0.116. The molecule has 0 atom stereocenters. The third kappa shape index (κ3) is 12.3. The molecule has 0 unspecified atom stereocenters. The van der Waals surface area contributed by atoms with Gasteiger partial charge in [-0.25, -0.2) is 0 Å². The van der Waals surface area contributed by atoms with Gasteiger partial charge in [-0.3, -0.25) is 0 Å². The molecule has 1 aliphatic rings. The number of benzene rings is 6. The molecule has 0 aliphatic heterocycles. The second-order valence-electron chi connectivity index (χ2n) is 27.8. The molecule has 0 spiro atoms. The van der Waals surface area contributed by atoms with Gasteiger partial charge in [-0.05, 0) is 133 Å². The van der Waals surface area contributed by atoms with Crippen LogP contribution in [0.3, 0.4) is 0 Å². The molecule has 12 bridgehead atoms. The predicted octanol–water partition coefficient (Wildman–Crippen LogP) is 15.8. The molecule has 398 valence electrons. The van der Waals surface area contributed by atoms with Crippen LogP contribution in [-0.4, -0.2) is 32.1 Å². The topological polar surface area (TPSA) is 134 Å². The SMILES string of the molecule is CC(C)(C)c1cc2c(O)c(c1)Cc1cc(C(C)(C)C)cc(c1O)Cc1cc(C(C)(C)C)cc(c1O)Cc1cc(C(C)(C)C)cc(c1OCC#N)Cc1cc(C(C)(C)C)cc(c1O)Cc1cc(C(C)(C)C)cc(c1O)C2. The van der Waals surface area contributed by atoms with Gasteiger partial charge in [0.15, 0.2) is 6.61 Å². The van der Waals surface area contributed by atoms with Crippen LogP contribution in [0.1, 0.15) is 225 Å². The Balaban J connectivity index is 1.61. The molecule has 7 nitrogen and oxygen atoms in total. The first kappa shape index (κ1) is 56.3. The summed E-state index contributed by atoms with van der Waals surface area (Å²) >= 11 is 0. The number of nitriles is 1. The lowest BCUT2D eigenvalue weighted by Crippen LogP contribution is -2.16. The van der Waals surface area contributed by atoms with E-state index in [-0.39, 0.29) is 106 Å². The van der Waals surface area contributed by atoms with Crippen molar-refractivity contribution in [2.24, 2.45) is 0 Å². The van der Waals surface area contributed by atoms with Crippen LogP contribution in [0.4, 0.5) is 0 Å². The van der Waals surface area contributed by atoms with E-state index in [1.165, 1.54) is 0 Å². The third-order valence-corrected chi connectivity index (χ3v) is 15.3. The highest BCUT2D eigenvalue weighted by Gasteiger charge is 2.30. The van der Waals surface area contributed by atoms with Gasteiger partial charge in [0.05, 0.1) is 0 Å². The number of rotatable bonds is 2. The van der Waals surface area contributed by atoms with Crippen LogP contribution in [-0.2, 0) is 71.0 Å². The van der Waals surface area contributed by atoms with E-state index < -0.39 is 0 Å². The van der Waals surface area contributed by atoms with Gasteiger partial charge in [-0.2, -0.15) is 5.26 Å². The molecule has 6 aromatic carbocycles. The van der Waals surface area contributed by atoms with Crippen molar-refractivity contribution in [3.63, 3.8) is 0 Å². The lowest BCUT2D eigenvalue weighted by Gasteiger charge is -2.27. The van der Waals surface area contributed by atoms with Crippen molar-refractivity contribution in [1.82, 2.24) is 0 Å². The second kappa shape index (κ2) is 20.0. The first-order chi connectivity index (χ1) is 34.4. The first-order valence-corrected chi connectivity index (χ1v) is 26.9. The first-order valence-electron chi connectivity index (χ1n) is 26.9. The minimum atomic E-state index is -0.315. The van der Waals surface area contributed by atoms with Crippen molar-refractivity contribution in [2.75, 3.05) is 6.61 Å². The van der Waals surface area contributed by atoms with E-state index >= 15 is 0 Å². The Hall–Kier alpha value is -6.39. The zero-order valence-electron chi connectivity index (χ0n) is 48.5. The van der Waals surface area contributed by atoms with Crippen LogP contribution in [0.5, 0.6) is 34.5 Å². The summed E-state index contributed by atoms with van der Waals surface area (Å²) in [6, 6.07) is 27.0. The van der Waals surface area contributed by atoms with E-state index in [9.17, 15) is 30.8 Å². The molecule has 0 amide bonds. The van der Waals surface area contributed by atoms with Crippen LogP contribution in [0, 0.1) is 11.3 Å². The molecule has 0 fully saturated rings. The van der Waals surface area contributed by atoms with E-state index in [1.54, 1.807) is 0 Å². The number of ether oxygens (including phenoxy) is 1. The molecule has 0 saturated carbocycles. The molecule has 7 heteroatoms. The van der Waals surface area contributed by atoms with Crippen LogP contribution >= 0.6 is 0 Å². The van der Waals surface area contributed by atoms with Gasteiger partial charge in [0.2, 0.25) is 0 Å². The number of nitrogens with zero attached hydrogens (tertiary/aromatic N) is 1. The minimum absolute atomic E-state index is 0.109. The summed E-state index contributed by atoms with van der Waals surface area (Å²) in [5, 5.41) is 72.9. The fourth-order valence-electron chi connectivity index (χ4n) is 10.3. The fraction of sp³-hybridized carbons (Fsp3) is 0.456. The summed E-state index contributed by atoms with van der Waals surface area (Å²) in [7, 11) is 0. The number of aromatic hydroxyl groups is 5. The van der Waals surface area contributed by atoms with Gasteiger partial charge in [-0.15, -0.1) is 0 Å². The Kier molecular flexibility index (Phi) is 15.0. The van der Waals surface area contributed by atoms with Crippen LogP contribution in [0.15, 0.2) is 72.8 Å². The molecular weight excluding hydrogens is 927 g/mol. The van der Waals surface area contributed by atoms with Crippen LogP contribution in [0.2, 0.25) is 0 Å². The Morgan fingerprint density at radius 2 is 0.453 bits per heavy atom. The zero-order chi connectivity index (χ0) is 55.7. The molecule has 75 heavy (non-hydrogen) atoms. The minimum Gasteiger partial charge on any atom is -0.507 e. The summed E-state index contributed by atoms with van der Waals surface area (Å²) < 4.78 is 6.49. The van der Waals surface area contributed by atoms with Gasteiger partial charge in [0.25, 0.3) is 0 Å². The maximum atomic E-state index is 12.6. The highest BCUT2D eigenvalue weighted by molar-refractivity contribution is 5.60. The molecule has 7 rings (SSSR count). The molecule has 0 heterocycles. The highest BCUT2D eigenvalue weighted by Crippen LogP contribution is 2.45. The standard InChI is InChI=1S/C68H85NO6/c1-63(2,3)51-27-39-21-41-29-52(64(4,5)6)31-43(58(41)71)23-45-33-54(66(10,11)12)35-47(60(45)73)25-49-37-56(68(16,17)18)38-50(62(49)75-20-19-69)26-48-36-55(67(13,14)15)34-46(61(48)74)24-44-32-53(65(7,8)9)30-42(59(44)72)22-40(28-51)57(39)70/h27-38,70-74H,20-26H2,1-18H3. The smallest absolute Gasteiger partial charge is 0.174 e. The summed E-state index contributed by atoms with van der Waals surface area (Å²) in [5.41, 5.74) is 12.5. The lowest BCUT2D eigenvalue weighted by atomic mass is 9.79. The molecule has 6 aromatic rings. The van der Waals surface area contributed by atoms with E-state index in [4.69, 9.17) is 4.74 Å². The predicted molar refractivity (Wildman–Crippen MR) is 307 cm³/mol. The number of hydrogen-bond acceptors (Lipinski definition) is 7. The summed E-state index contributed by atoms with van der Waals surface area (Å²) in [6.45, 7) is 38.6. The summed E-state index contributed by atoms with van der Waals surface area (Å²) in [6.07, 6.45) is 1.47. The fourth-order valence-corrected chi connectivity index (χ4v) is 10.3. The normalized spacial score (nSPS) is 14.0. The molecule has 1 aliphatic carbocycles. The Morgan fingerprint density at radius 1 is 0.307 bits per heavy atom. The number of hydrogen-bond donors (Lipinski definition) is 5. The molecule has 5 N–H and O–H groups in total. The number of fused-ring (bicyclic) bond motifs is 12. The van der Waals surface area contributed by atoms with E-state index in [1.807, 2.05) is 36.4 Å². The summed E-state index contributed by atoms with van der Waals surface area (Å²) in [5.74, 6) is 1.10.